The van der Waals surface area contributed by atoms with Gasteiger partial charge in [0.15, 0.2) is 0 Å². The Kier molecular flexibility index (Phi) is 8.48. The number of hydrogen-bond donors (Lipinski definition) is 0. The third-order valence-electron chi connectivity index (χ3n) is 5.17. The Morgan fingerprint density at radius 2 is 0.788 bits per heavy atom. The van der Waals surface area contributed by atoms with Crippen molar-refractivity contribution < 1.29 is 0 Å². The molecule has 0 N–H and O–H groups in total. The van der Waals surface area contributed by atoms with Crippen LogP contribution in [0.25, 0.3) is 0 Å². The maximum Gasteiger partial charge on any atom is 0.140 e. The average molecular weight is 531 g/mol. The number of hydrogen-bond acceptors (Lipinski definition) is 1. The first-order chi connectivity index (χ1) is 16.0. The molecule has 4 aromatic rings. The molecule has 0 fully saturated rings. The molecule has 1 unspecified atom stereocenters. The Balaban J connectivity index is 2.02. The molecule has 0 aliphatic rings. The first-order valence-corrected chi connectivity index (χ1v) is 14.4. The summed E-state index contributed by atoms with van der Waals surface area (Å²) in [6.45, 7) is 1.93. The van der Waals surface area contributed by atoms with Gasteiger partial charge in [-0.2, -0.15) is 0 Å². The summed E-state index contributed by atoms with van der Waals surface area (Å²) in [5.74, 6) is 0. The van der Waals surface area contributed by atoms with Gasteiger partial charge in [-0.1, -0.05) is 133 Å². The number of rotatable bonds is 8. The van der Waals surface area contributed by atoms with Crippen LogP contribution in [0.3, 0.4) is 0 Å². The lowest BCUT2D eigenvalue weighted by molar-refractivity contribution is 0.501. The molecule has 0 amide bonds. The molecule has 33 heavy (non-hydrogen) atoms. The summed E-state index contributed by atoms with van der Waals surface area (Å²) in [6, 6.07) is 42.1. The molecule has 0 spiro atoms. The van der Waals surface area contributed by atoms with Gasteiger partial charge in [0.2, 0.25) is 0 Å². The van der Waals surface area contributed by atoms with E-state index >= 15 is 0 Å². The molecule has 0 bridgehead atoms. The van der Waals surface area contributed by atoms with Crippen LogP contribution in [0.5, 0.6) is 0 Å². The van der Waals surface area contributed by atoms with E-state index in [1.165, 1.54) is 21.2 Å². The van der Waals surface area contributed by atoms with Crippen molar-refractivity contribution in [3.8, 4) is 0 Å². The van der Waals surface area contributed by atoms with Gasteiger partial charge in [-0.3, -0.25) is 0 Å². The van der Waals surface area contributed by atoms with Crippen molar-refractivity contribution in [3.05, 3.63) is 121 Å². The maximum atomic E-state index is 7.32. The lowest BCUT2D eigenvalue weighted by Gasteiger charge is -2.47. The standard InChI is InChI=1S/C27H24Cl3NP2/c1-27(30,26(28)29)31(32(22-14-6-2-7-15-22)23-16-8-3-9-17-23)33(24-18-10-4-11-19-24)25-20-12-5-13-21-25/h2-21,26H,1H3. The number of benzene rings is 4. The van der Waals surface area contributed by atoms with Crippen LogP contribution in [0.1, 0.15) is 6.92 Å². The highest BCUT2D eigenvalue weighted by Crippen LogP contribution is 2.61. The van der Waals surface area contributed by atoms with Gasteiger partial charge in [0, 0.05) is 16.1 Å². The van der Waals surface area contributed by atoms with E-state index in [4.69, 9.17) is 34.8 Å². The number of nitrogens with zero attached hydrogens (tertiary/aromatic N) is 1. The summed E-state index contributed by atoms with van der Waals surface area (Å²) < 4.78 is 2.37. The van der Waals surface area contributed by atoms with E-state index in [9.17, 15) is 0 Å². The van der Waals surface area contributed by atoms with E-state index < -0.39 is 26.0 Å². The Morgan fingerprint density at radius 3 is 1.00 bits per heavy atom. The number of halogens is 3. The van der Waals surface area contributed by atoms with Crippen molar-refractivity contribution in [2.24, 2.45) is 0 Å². The smallest absolute Gasteiger partial charge is 0.140 e. The van der Waals surface area contributed by atoms with Gasteiger partial charge in [-0.15, -0.1) is 23.2 Å². The Hall–Kier alpha value is -1.43. The van der Waals surface area contributed by atoms with E-state index in [1.807, 2.05) is 31.2 Å². The second-order valence-electron chi connectivity index (χ2n) is 7.58. The van der Waals surface area contributed by atoms with Crippen LogP contribution < -0.4 is 21.2 Å². The summed E-state index contributed by atoms with van der Waals surface area (Å²) in [6.07, 6.45) is 0. The van der Waals surface area contributed by atoms with Crippen molar-refractivity contribution in [1.82, 2.24) is 4.44 Å². The van der Waals surface area contributed by atoms with E-state index in [2.05, 4.69) is 102 Å². The summed E-state index contributed by atoms with van der Waals surface area (Å²) >= 11 is 20.6. The van der Waals surface area contributed by atoms with E-state index in [1.54, 1.807) is 0 Å². The quantitative estimate of drug-likeness (QED) is 0.133. The van der Waals surface area contributed by atoms with Gasteiger partial charge in [0.1, 0.15) is 9.83 Å². The second kappa shape index (κ2) is 11.3. The van der Waals surface area contributed by atoms with Crippen molar-refractivity contribution >= 4 is 72.2 Å². The fraction of sp³-hybridized carbons (Fsp3) is 0.111. The summed E-state index contributed by atoms with van der Waals surface area (Å²) in [5, 5.41) is 4.77. The molecule has 0 aliphatic carbocycles. The van der Waals surface area contributed by atoms with Crippen LogP contribution in [0.15, 0.2) is 121 Å². The first-order valence-electron chi connectivity index (χ1n) is 10.6. The summed E-state index contributed by atoms with van der Waals surface area (Å²) in [5.41, 5.74) is 0. The van der Waals surface area contributed by atoms with Crippen LogP contribution in [-0.4, -0.2) is 14.3 Å². The molecule has 0 aliphatic heterocycles. The fourth-order valence-electron chi connectivity index (χ4n) is 3.58. The van der Waals surface area contributed by atoms with Gasteiger partial charge in [-0.05, 0) is 28.1 Å². The molecule has 0 heterocycles. The number of alkyl halides is 3. The highest BCUT2D eigenvalue weighted by Gasteiger charge is 2.46. The minimum Gasteiger partial charge on any atom is -0.222 e. The lowest BCUT2D eigenvalue weighted by atomic mass is 10.4. The molecular weight excluding hydrogens is 507 g/mol. The fourth-order valence-corrected chi connectivity index (χ4v) is 10.8. The average Bonchev–Trinajstić information content (AvgIpc) is 2.86. The predicted octanol–water partition coefficient (Wildman–Crippen LogP) is 7.14. The highest BCUT2D eigenvalue weighted by atomic mass is 35.5. The molecule has 0 radical (unpaired) electrons. The molecular formula is C27H24Cl3NP2. The van der Waals surface area contributed by atoms with E-state index in [-0.39, 0.29) is 0 Å². The SMILES string of the molecule is CC(Cl)(C(Cl)Cl)N(P(c1ccccc1)c1ccccc1)P(c1ccccc1)c1ccccc1. The highest BCUT2D eigenvalue weighted by molar-refractivity contribution is 7.84. The molecule has 1 nitrogen and oxygen atoms in total. The predicted molar refractivity (Wildman–Crippen MR) is 150 cm³/mol. The van der Waals surface area contributed by atoms with Gasteiger partial charge < -0.3 is 0 Å². The summed E-state index contributed by atoms with van der Waals surface area (Å²) in [7, 11) is -2.12. The molecule has 0 saturated carbocycles. The van der Waals surface area contributed by atoms with Crippen LogP contribution >= 0.6 is 50.9 Å². The van der Waals surface area contributed by atoms with Crippen molar-refractivity contribution in [1.29, 1.82) is 0 Å². The molecule has 6 heteroatoms. The third kappa shape index (κ3) is 5.63. The molecule has 4 aromatic carbocycles. The van der Waals surface area contributed by atoms with E-state index in [0.29, 0.717) is 0 Å². The van der Waals surface area contributed by atoms with Crippen LogP contribution in [-0.2, 0) is 0 Å². The maximum absolute atomic E-state index is 7.32. The molecule has 168 valence electrons. The largest absolute Gasteiger partial charge is 0.222 e. The minimum atomic E-state index is -1.06. The Bertz CT molecular complexity index is 965. The van der Waals surface area contributed by atoms with Crippen molar-refractivity contribution in [2.75, 3.05) is 0 Å². The van der Waals surface area contributed by atoms with E-state index in [0.717, 1.165) is 0 Å². The third-order valence-corrected chi connectivity index (χ3v) is 12.7. The zero-order valence-electron chi connectivity index (χ0n) is 18.1. The van der Waals surface area contributed by atoms with Crippen LogP contribution in [0.2, 0.25) is 0 Å². The monoisotopic (exact) mass is 529 g/mol. The Labute approximate surface area is 213 Å². The van der Waals surface area contributed by atoms with Crippen molar-refractivity contribution in [3.63, 3.8) is 0 Å². The molecule has 0 aromatic heterocycles. The van der Waals surface area contributed by atoms with Gasteiger partial charge in [0.05, 0.1) is 0 Å². The zero-order chi connectivity index (χ0) is 23.3. The summed E-state index contributed by atoms with van der Waals surface area (Å²) in [4.78, 5) is -1.84. The molecule has 1 atom stereocenters. The Morgan fingerprint density at radius 1 is 0.545 bits per heavy atom. The van der Waals surface area contributed by atoms with Crippen LogP contribution in [0.4, 0.5) is 0 Å². The zero-order valence-corrected chi connectivity index (χ0v) is 22.2. The van der Waals surface area contributed by atoms with Gasteiger partial charge in [0.25, 0.3) is 0 Å². The lowest BCUT2D eigenvalue weighted by Crippen LogP contribution is -2.46. The topological polar surface area (TPSA) is 3.24 Å². The van der Waals surface area contributed by atoms with Crippen molar-refractivity contribution in [2.45, 2.75) is 16.8 Å². The van der Waals surface area contributed by atoms with Gasteiger partial charge >= 0.3 is 0 Å². The second-order valence-corrected chi connectivity index (χ2v) is 13.9. The van der Waals surface area contributed by atoms with Crippen LogP contribution in [0, 0.1) is 0 Å². The molecule has 4 rings (SSSR count). The first kappa shape index (κ1) is 24.7. The molecule has 0 saturated heterocycles. The van der Waals surface area contributed by atoms with Gasteiger partial charge in [-0.25, -0.2) is 4.44 Å². The minimum absolute atomic E-state index is 0.811. The normalized spacial score (nSPS) is 13.6.